The second-order valence-electron chi connectivity index (χ2n) is 6.20. The van der Waals surface area contributed by atoms with Crippen LogP contribution in [0, 0.1) is 0 Å². The average molecular weight is 290 g/mol. The first kappa shape index (κ1) is 18.2. The lowest BCUT2D eigenvalue weighted by Crippen LogP contribution is -2.22. The van der Waals surface area contributed by atoms with Gasteiger partial charge in [-0.15, -0.1) is 0 Å². The second kappa shape index (κ2) is 11.8. The van der Waals surface area contributed by atoms with Gasteiger partial charge in [0.15, 0.2) is 0 Å². The van der Waals surface area contributed by atoms with Gasteiger partial charge in [0.25, 0.3) is 0 Å². The molecule has 0 fully saturated rings. The van der Waals surface area contributed by atoms with Gasteiger partial charge < -0.3 is 5.32 Å². The number of hydrogen-bond donors (Lipinski definition) is 1. The summed E-state index contributed by atoms with van der Waals surface area (Å²) >= 11 is 0. The number of benzene rings is 1. The third-order valence-electron chi connectivity index (χ3n) is 4.16. The maximum absolute atomic E-state index is 3.73. The van der Waals surface area contributed by atoms with Crippen molar-refractivity contribution in [2.24, 2.45) is 0 Å². The minimum absolute atomic E-state index is 0.544. The highest BCUT2D eigenvalue weighted by Crippen LogP contribution is 2.21. The van der Waals surface area contributed by atoms with E-state index >= 15 is 0 Å². The normalized spacial score (nSPS) is 12.5. The number of unbranched alkanes of at least 4 members (excludes halogenated alkanes) is 4. The van der Waals surface area contributed by atoms with E-state index in [1.807, 2.05) is 0 Å². The van der Waals surface area contributed by atoms with E-state index in [0.717, 1.165) is 6.54 Å². The van der Waals surface area contributed by atoms with Crippen LogP contribution in [0.1, 0.15) is 89.3 Å². The van der Waals surface area contributed by atoms with Crippen LogP contribution in [0.15, 0.2) is 24.3 Å². The van der Waals surface area contributed by atoms with Crippen LogP contribution in [-0.4, -0.2) is 6.54 Å². The average Bonchev–Trinajstić information content (AvgIpc) is 2.51. The second-order valence-corrected chi connectivity index (χ2v) is 6.20. The largest absolute Gasteiger partial charge is 0.310 e. The molecule has 0 aromatic heterocycles. The van der Waals surface area contributed by atoms with Crippen molar-refractivity contribution in [2.45, 2.75) is 84.6 Å². The number of hydrogen-bond acceptors (Lipinski definition) is 1. The van der Waals surface area contributed by atoms with E-state index in [1.165, 1.54) is 68.9 Å². The molecule has 1 atom stereocenters. The Hall–Kier alpha value is -0.820. The molecule has 0 bridgehead atoms. The molecule has 0 saturated carbocycles. The van der Waals surface area contributed by atoms with E-state index in [4.69, 9.17) is 0 Å². The molecule has 0 aliphatic carbocycles. The minimum atomic E-state index is 0.544. The third-order valence-corrected chi connectivity index (χ3v) is 4.16. The smallest absolute Gasteiger partial charge is 0.0320 e. The lowest BCUT2D eigenvalue weighted by molar-refractivity contribution is 0.468. The number of aryl methyl sites for hydroxylation is 1. The molecule has 1 rings (SSSR count). The molecule has 0 saturated heterocycles. The van der Waals surface area contributed by atoms with Gasteiger partial charge in [-0.25, -0.2) is 0 Å². The molecule has 21 heavy (non-hydrogen) atoms. The molecule has 0 aliphatic heterocycles. The number of rotatable bonds is 12. The van der Waals surface area contributed by atoms with Gasteiger partial charge in [-0.2, -0.15) is 0 Å². The predicted molar refractivity (Wildman–Crippen MR) is 94.8 cm³/mol. The summed E-state index contributed by atoms with van der Waals surface area (Å²) in [5.41, 5.74) is 2.94. The molecular formula is C20H35N. The van der Waals surface area contributed by atoms with Crippen LogP contribution in [0.4, 0.5) is 0 Å². The van der Waals surface area contributed by atoms with Crippen molar-refractivity contribution < 1.29 is 0 Å². The Morgan fingerprint density at radius 1 is 0.810 bits per heavy atom. The lowest BCUT2D eigenvalue weighted by atomic mass is 9.97. The summed E-state index contributed by atoms with van der Waals surface area (Å²) in [6.07, 6.45) is 11.8. The standard InChI is InChI=1S/C20H35N/c1-4-7-8-9-10-12-20(21-17-6-3)19-15-13-18(11-5-2)14-16-19/h13-16,20-21H,4-12,17H2,1-3H3. The fourth-order valence-corrected chi connectivity index (χ4v) is 2.86. The molecule has 0 radical (unpaired) electrons. The maximum Gasteiger partial charge on any atom is 0.0320 e. The highest BCUT2D eigenvalue weighted by atomic mass is 14.9. The summed E-state index contributed by atoms with van der Waals surface area (Å²) in [5, 5.41) is 3.73. The van der Waals surface area contributed by atoms with Gasteiger partial charge in [0.05, 0.1) is 0 Å². The summed E-state index contributed by atoms with van der Waals surface area (Å²) < 4.78 is 0. The van der Waals surface area contributed by atoms with Crippen LogP contribution in [0.25, 0.3) is 0 Å². The van der Waals surface area contributed by atoms with Crippen molar-refractivity contribution in [1.82, 2.24) is 5.32 Å². The van der Waals surface area contributed by atoms with E-state index in [0.29, 0.717) is 6.04 Å². The van der Waals surface area contributed by atoms with Crippen molar-refractivity contribution in [3.8, 4) is 0 Å². The molecule has 0 aliphatic rings. The Morgan fingerprint density at radius 2 is 1.52 bits per heavy atom. The van der Waals surface area contributed by atoms with Crippen molar-refractivity contribution in [2.75, 3.05) is 6.54 Å². The Balaban J connectivity index is 2.50. The van der Waals surface area contributed by atoms with Gasteiger partial charge in [0.1, 0.15) is 0 Å². The molecule has 1 aromatic carbocycles. The SMILES string of the molecule is CCCCCCCC(NCCC)c1ccc(CCC)cc1. The maximum atomic E-state index is 3.73. The van der Waals surface area contributed by atoms with Crippen LogP contribution in [0.3, 0.4) is 0 Å². The van der Waals surface area contributed by atoms with Gasteiger partial charge in [-0.1, -0.05) is 83.6 Å². The lowest BCUT2D eigenvalue weighted by Gasteiger charge is -2.19. The van der Waals surface area contributed by atoms with Crippen LogP contribution in [0.5, 0.6) is 0 Å². The Morgan fingerprint density at radius 3 is 2.14 bits per heavy atom. The quantitative estimate of drug-likeness (QED) is 0.462. The zero-order valence-corrected chi connectivity index (χ0v) is 14.5. The Kier molecular flexibility index (Phi) is 10.2. The molecule has 0 amide bonds. The first-order valence-electron chi connectivity index (χ1n) is 9.14. The molecule has 0 heterocycles. The molecule has 120 valence electrons. The van der Waals surface area contributed by atoms with Gasteiger partial charge >= 0.3 is 0 Å². The summed E-state index contributed by atoms with van der Waals surface area (Å²) in [6.45, 7) is 7.89. The third kappa shape index (κ3) is 7.66. The van der Waals surface area contributed by atoms with Gasteiger partial charge in [-0.05, 0) is 36.9 Å². The molecular weight excluding hydrogens is 254 g/mol. The Bertz CT molecular complexity index is 341. The van der Waals surface area contributed by atoms with Crippen LogP contribution < -0.4 is 5.32 Å². The summed E-state index contributed by atoms with van der Waals surface area (Å²) in [5.74, 6) is 0. The van der Waals surface area contributed by atoms with Crippen molar-refractivity contribution >= 4 is 0 Å². The highest BCUT2D eigenvalue weighted by Gasteiger charge is 2.10. The zero-order chi connectivity index (χ0) is 15.3. The first-order valence-corrected chi connectivity index (χ1v) is 9.14. The summed E-state index contributed by atoms with van der Waals surface area (Å²) in [7, 11) is 0. The van der Waals surface area contributed by atoms with Crippen molar-refractivity contribution in [1.29, 1.82) is 0 Å². The fourth-order valence-electron chi connectivity index (χ4n) is 2.86. The highest BCUT2D eigenvalue weighted by molar-refractivity contribution is 5.25. The summed E-state index contributed by atoms with van der Waals surface area (Å²) in [4.78, 5) is 0. The van der Waals surface area contributed by atoms with Crippen molar-refractivity contribution in [3.05, 3.63) is 35.4 Å². The first-order chi connectivity index (χ1) is 10.3. The molecule has 1 N–H and O–H groups in total. The fraction of sp³-hybridized carbons (Fsp3) is 0.700. The van der Waals surface area contributed by atoms with E-state index in [-0.39, 0.29) is 0 Å². The number of nitrogens with one attached hydrogen (secondary N) is 1. The molecule has 1 heteroatoms. The molecule has 0 spiro atoms. The van der Waals surface area contributed by atoms with Gasteiger partial charge in [0, 0.05) is 6.04 Å². The topological polar surface area (TPSA) is 12.0 Å². The Labute approximate surface area is 132 Å². The van der Waals surface area contributed by atoms with Crippen LogP contribution in [0.2, 0.25) is 0 Å². The van der Waals surface area contributed by atoms with Gasteiger partial charge in [-0.3, -0.25) is 0 Å². The van der Waals surface area contributed by atoms with Crippen molar-refractivity contribution in [3.63, 3.8) is 0 Å². The minimum Gasteiger partial charge on any atom is -0.310 e. The molecule has 1 unspecified atom stereocenters. The van der Waals surface area contributed by atoms with E-state index in [1.54, 1.807) is 0 Å². The van der Waals surface area contributed by atoms with Crippen LogP contribution in [-0.2, 0) is 6.42 Å². The van der Waals surface area contributed by atoms with E-state index < -0.39 is 0 Å². The molecule has 1 aromatic rings. The van der Waals surface area contributed by atoms with Crippen LogP contribution >= 0.6 is 0 Å². The zero-order valence-electron chi connectivity index (χ0n) is 14.5. The summed E-state index contributed by atoms with van der Waals surface area (Å²) in [6, 6.07) is 9.85. The van der Waals surface area contributed by atoms with E-state index in [2.05, 4.69) is 50.4 Å². The van der Waals surface area contributed by atoms with Gasteiger partial charge in [0.2, 0.25) is 0 Å². The van der Waals surface area contributed by atoms with E-state index in [9.17, 15) is 0 Å². The monoisotopic (exact) mass is 289 g/mol. The molecule has 1 nitrogen and oxygen atoms in total. The predicted octanol–water partition coefficient (Wildman–Crippen LogP) is 6.04.